The zero-order chi connectivity index (χ0) is 13.1. The van der Waals surface area contributed by atoms with Gasteiger partial charge in [0.1, 0.15) is 5.82 Å². The minimum absolute atomic E-state index is 0.326. The molecule has 0 aliphatic rings. The molecule has 0 radical (unpaired) electrons. The molecular weight excluding hydrogens is 244 g/mol. The van der Waals surface area contributed by atoms with Crippen molar-refractivity contribution in [1.82, 2.24) is 9.55 Å². The molecule has 0 saturated heterocycles. The third kappa shape index (κ3) is 3.06. The Kier molecular flexibility index (Phi) is 4.30. The van der Waals surface area contributed by atoms with Crippen LogP contribution >= 0.6 is 11.8 Å². The zero-order valence-electron chi connectivity index (χ0n) is 11.1. The molecule has 98 valence electrons. The lowest BCUT2D eigenvalue weighted by Crippen LogP contribution is -2.17. The third-order valence-electron chi connectivity index (χ3n) is 2.92. The van der Waals surface area contributed by atoms with Gasteiger partial charge < -0.3 is 9.67 Å². The largest absolute Gasteiger partial charge is 0.392 e. The minimum Gasteiger partial charge on any atom is -0.392 e. The Bertz CT molecular complexity index is 521. The van der Waals surface area contributed by atoms with Gasteiger partial charge in [0.25, 0.3) is 0 Å². The fourth-order valence-electron chi connectivity index (χ4n) is 1.95. The van der Waals surface area contributed by atoms with Crippen LogP contribution in [0.3, 0.4) is 0 Å². The summed E-state index contributed by atoms with van der Waals surface area (Å²) in [5.41, 5.74) is 2.12. The number of nitrogens with zero attached hydrogens (tertiary/aromatic N) is 2. The zero-order valence-corrected chi connectivity index (χ0v) is 11.9. The molecule has 0 fully saturated rings. The summed E-state index contributed by atoms with van der Waals surface area (Å²) in [5, 5.41) is 10.6. The lowest BCUT2D eigenvalue weighted by atomic mass is 10.3. The molecule has 1 atom stereocenters. The number of imidazole rings is 1. The van der Waals surface area contributed by atoms with Crippen molar-refractivity contribution in [3.05, 3.63) is 30.1 Å². The summed E-state index contributed by atoms with van der Waals surface area (Å²) in [4.78, 5) is 4.57. The van der Waals surface area contributed by atoms with Crippen molar-refractivity contribution in [2.24, 2.45) is 7.05 Å². The lowest BCUT2D eigenvalue weighted by molar-refractivity contribution is 0.196. The summed E-state index contributed by atoms with van der Waals surface area (Å²) in [7, 11) is 2.01. The Morgan fingerprint density at radius 3 is 2.72 bits per heavy atom. The van der Waals surface area contributed by atoms with Crippen LogP contribution in [0.25, 0.3) is 11.0 Å². The van der Waals surface area contributed by atoms with Crippen molar-refractivity contribution in [3.63, 3.8) is 0 Å². The predicted molar refractivity (Wildman–Crippen MR) is 78.0 cm³/mol. The number of hydrogen-bond donors (Lipinski definition) is 1. The van der Waals surface area contributed by atoms with Crippen LogP contribution in [0, 0.1) is 0 Å². The number of fused-ring (bicyclic) bond motifs is 1. The van der Waals surface area contributed by atoms with Gasteiger partial charge in [0, 0.05) is 19.2 Å². The van der Waals surface area contributed by atoms with Crippen LogP contribution in [0.1, 0.15) is 19.7 Å². The second-order valence-corrected chi connectivity index (χ2v) is 6.43. The van der Waals surface area contributed by atoms with Gasteiger partial charge >= 0.3 is 0 Å². The number of aliphatic hydroxyl groups is 1. The summed E-state index contributed by atoms with van der Waals surface area (Å²) in [6.45, 7) is 4.29. The maximum Gasteiger partial charge on any atom is 0.112 e. The quantitative estimate of drug-likeness (QED) is 0.902. The van der Waals surface area contributed by atoms with E-state index >= 15 is 0 Å². The molecule has 1 aromatic carbocycles. The summed E-state index contributed by atoms with van der Waals surface area (Å²) < 4.78 is 2.07. The van der Waals surface area contributed by atoms with Crippen molar-refractivity contribution in [1.29, 1.82) is 0 Å². The number of para-hydroxylation sites is 2. The molecule has 3 nitrogen and oxygen atoms in total. The Morgan fingerprint density at radius 1 is 1.33 bits per heavy atom. The first-order valence-electron chi connectivity index (χ1n) is 6.28. The van der Waals surface area contributed by atoms with Gasteiger partial charge in [-0.1, -0.05) is 26.0 Å². The minimum atomic E-state index is -0.326. The first-order valence-corrected chi connectivity index (χ1v) is 7.33. The predicted octanol–water partition coefficient (Wildman–Crippen LogP) is 2.62. The van der Waals surface area contributed by atoms with E-state index in [0.29, 0.717) is 11.7 Å². The van der Waals surface area contributed by atoms with E-state index < -0.39 is 0 Å². The molecule has 18 heavy (non-hydrogen) atoms. The van der Waals surface area contributed by atoms with Crippen LogP contribution < -0.4 is 0 Å². The van der Waals surface area contributed by atoms with Gasteiger partial charge in [0.05, 0.1) is 17.1 Å². The van der Waals surface area contributed by atoms with Crippen molar-refractivity contribution < 1.29 is 5.11 Å². The maximum atomic E-state index is 10.0. The van der Waals surface area contributed by atoms with E-state index in [4.69, 9.17) is 0 Å². The molecule has 0 amide bonds. The Morgan fingerprint density at radius 2 is 2.06 bits per heavy atom. The van der Waals surface area contributed by atoms with Crippen molar-refractivity contribution >= 4 is 22.8 Å². The van der Waals surface area contributed by atoms with Crippen LogP contribution in [-0.4, -0.2) is 31.8 Å². The number of aliphatic hydroxyl groups excluding tert-OH is 1. The maximum absolute atomic E-state index is 10.0. The summed E-state index contributed by atoms with van der Waals surface area (Å²) >= 11 is 1.78. The third-order valence-corrected chi connectivity index (χ3v) is 4.16. The highest BCUT2D eigenvalue weighted by molar-refractivity contribution is 7.99. The van der Waals surface area contributed by atoms with Gasteiger partial charge in [0.2, 0.25) is 0 Å². The summed E-state index contributed by atoms with van der Waals surface area (Å²) in [6, 6.07) is 8.07. The highest BCUT2D eigenvalue weighted by Crippen LogP contribution is 2.17. The fourth-order valence-corrected chi connectivity index (χ4v) is 2.68. The first-order chi connectivity index (χ1) is 8.58. The standard InChI is InChI=1S/C14H20N2OS/c1-10(2)18-9-11(17)8-14-15-12-6-4-5-7-13(12)16(14)3/h4-7,10-11,17H,8-9H2,1-3H3. The molecule has 0 bridgehead atoms. The second kappa shape index (κ2) is 5.76. The average molecular weight is 264 g/mol. The van der Waals surface area contributed by atoms with Crippen LogP contribution in [-0.2, 0) is 13.5 Å². The molecule has 1 N–H and O–H groups in total. The van der Waals surface area contributed by atoms with Crippen LogP contribution in [0.2, 0.25) is 0 Å². The molecule has 2 aromatic rings. The molecule has 1 aromatic heterocycles. The number of aryl methyl sites for hydroxylation is 1. The Labute approximate surface area is 112 Å². The highest BCUT2D eigenvalue weighted by atomic mass is 32.2. The second-order valence-electron chi connectivity index (χ2n) is 4.82. The molecule has 0 aliphatic carbocycles. The Hall–Kier alpha value is -1.00. The molecule has 0 spiro atoms. The van der Waals surface area contributed by atoms with Crippen molar-refractivity contribution in [3.8, 4) is 0 Å². The number of rotatable bonds is 5. The first kappa shape index (κ1) is 13.4. The molecule has 2 rings (SSSR count). The molecule has 1 unspecified atom stereocenters. The smallest absolute Gasteiger partial charge is 0.112 e. The van der Waals surface area contributed by atoms with Gasteiger partial charge in [-0.3, -0.25) is 0 Å². The summed E-state index contributed by atoms with van der Waals surface area (Å²) in [6.07, 6.45) is 0.290. The van der Waals surface area contributed by atoms with Gasteiger partial charge in [-0.2, -0.15) is 11.8 Å². The molecule has 0 saturated carbocycles. The fraction of sp³-hybridized carbons (Fsp3) is 0.500. The van der Waals surface area contributed by atoms with E-state index in [1.54, 1.807) is 11.8 Å². The van der Waals surface area contributed by atoms with E-state index in [1.807, 2.05) is 25.2 Å². The Balaban J connectivity index is 2.09. The molecular formula is C14H20N2OS. The molecule has 0 aliphatic heterocycles. The van der Waals surface area contributed by atoms with Crippen molar-refractivity contribution in [2.75, 3.05) is 5.75 Å². The molecule has 4 heteroatoms. The number of benzene rings is 1. The highest BCUT2D eigenvalue weighted by Gasteiger charge is 2.12. The van der Waals surface area contributed by atoms with E-state index in [-0.39, 0.29) is 6.10 Å². The normalized spacial score (nSPS) is 13.4. The SMILES string of the molecule is CC(C)SCC(O)Cc1nc2ccccc2n1C. The van der Waals surface area contributed by atoms with E-state index in [2.05, 4.69) is 29.5 Å². The molecule has 1 heterocycles. The summed E-state index contributed by atoms with van der Waals surface area (Å²) in [5.74, 6) is 1.72. The monoisotopic (exact) mass is 264 g/mol. The van der Waals surface area contributed by atoms with Gasteiger partial charge in [-0.05, 0) is 17.4 Å². The van der Waals surface area contributed by atoms with Crippen molar-refractivity contribution in [2.45, 2.75) is 31.6 Å². The lowest BCUT2D eigenvalue weighted by Gasteiger charge is -2.11. The number of aromatic nitrogens is 2. The van der Waals surface area contributed by atoms with Crippen LogP contribution in [0.4, 0.5) is 0 Å². The average Bonchev–Trinajstić information content (AvgIpc) is 2.65. The topological polar surface area (TPSA) is 38.1 Å². The van der Waals surface area contributed by atoms with E-state index in [1.165, 1.54) is 0 Å². The number of thioether (sulfide) groups is 1. The van der Waals surface area contributed by atoms with E-state index in [9.17, 15) is 5.11 Å². The number of hydrogen-bond acceptors (Lipinski definition) is 3. The van der Waals surface area contributed by atoms with Crippen LogP contribution in [0.15, 0.2) is 24.3 Å². The van der Waals surface area contributed by atoms with Crippen LogP contribution in [0.5, 0.6) is 0 Å². The van der Waals surface area contributed by atoms with Gasteiger partial charge in [-0.25, -0.2) is 4.98 Å². The van der Waals surface area contributed by atoms with Gasteiger partial charge in [0.15, 0.2) is 0 Å². The van der Waals surface area contributed by atoms with Gasteiger partial charge in [-0.15, -0.1) is 0 Å². The van der Waals surface area contributed by atoms with E-state index in [0.717, 1.165) is 22.6 Å².